The first-order chi connectivity index (χ1) is 15.7. The van der Waals surface area contributed by atoms with Crippen molar-refractivity contribution in [2.45, 2.75) is 90.9 Å². The summed E-state index contributed by atoms with van der Waals surface area (Å²) in [6, 6.07) is 18.1. The number of rotatable bonds is 18. The molecule has 0 aliphatic heterocycles. The molecule has 0 aliphatic rings. The molecule has 0 radical (unpaired) electrons. The van der Waals surface area contributed by atoms with Gasteiger partial charge in [0.2, 0.25) is 0 Å². The first-order valence-electron chi connectivity index (χ1n) is 12.7. The van der Waals surface area contributed by atoms with Gasteiger partial charge >= 0.3 is 7.60 Å². The largest absolute Gasteiger partial charge is 0.361 e. The maximum atomic E-state index is 13.7. The molecule has 0 aromatic heterocycles. The molecule has 2 aromatic carbocycles. The molecule has 0 saturated carbocycles. The van der Waals surface area contributed by atoms with Crippen molar-refractivity contribution in [3.8, 4) is 11.1 Å². The van der Waals surface area contributed by atoms with Gasteiger partial charge < -0.3 is 9.05 Å². The van der Waals surface area contributed by atoms with Crippen molar-refractivity contribution in [2.75, 3.05) is 13.2 Å². The zero-order valence-corrected chi connectivity index (χ0v) is 21.2. The Balaban J connectivity index is 1.93. The van der Waals surface area contributed by atoms with E-state index in [1.807, 2.05) is 42.5 Å². The van der Waals surface area contributed by atoms with Gasteiger partial charge in [-0.1, -0.05) is 121 Å². The average Bonchev–Trinajstić information content (AvgIpc) is 2.83. The summed E-state index contributed by atoms with van der Waals surface area (Å²) in [4.78, 5) is 0. The highest BCUT2D eigenvalue weighted by Gasteiger charge is 2.27. The molecule has 0 amide bonds. The summed E-state index contributed by atoms with van der Waals surface area (Å²) >= 11 is 0. The first kappa shape index (κ1) is 26.8. The van der Waals surface area contributed by atoms with Crippen molar-refractivity contribution < 1.29 is 13.6 Å². The first-order valence-corrected chi connectivity index (χ1v) is 14.3. The molecule has 0 fully saturated rings. The van der Waals surface area contributed by atoms with Gasteiger partial charge in [-0.25, -0.2) is 0 Å². The zero-order valence-electron chi connectivity index (χ0n) is 20.3. The molecule has 0 atom stereocenters. The van der Waals surface area contributed by atoms with Crippen molar-refractivity contribution >= 4 is 12.9 Å². The van der Waals surface area contributed by atoms with Crippen LogP contribution in [0, 0.1) is 0 Å². The summed E-state index contributed by atoms with van der Waals surface area (Å²) in [5.41, 5.74) is 2.25. The Kier molecular flexibility index (Phi) is 13.6. The summed E-state index contributed by atoms with van der Waals surface area (Å²) in [7, 11) is -3.31. The lowest BCUT2D eigenvalue weighted by molar-refractivity contribution is 0.206. The Morgan fingerprint density at radius 1 is 0.562 bits per heavy atom. The highest BCUT2D eigenvalue weighted by atomic mass is 31.2. The van der Waals surface area contributed by atoms with Gasteiger partial charge in [0, 0.05) is 0 Å². The fraction of sp³-hybridized carbons (Fsp3) is 0.571. The van der Waals surface area contributed by atoms with Gasteiger partial charge in [0.15, 0.2) is 0 Å². The Bertz CT molecular complexity index is 736. The van der Waals surface area contributed by atoms with E-state index >= 15 is 0 Å². The molecular formula is C28H43O3P. The van der Waals surface area contributed by atoms with E-state index < -0.39 is 7.60 Å². The van der Waals surface area contributed by atoms with Crippen LogP contribution in [0.2, 0.25) is 0 Å². The normalized spacial score (nSPS) is 11.7. The summed E-state index contributed by atoms with van der Waals surface area (Å²) in [6.07, 6.45) is 14.1. The van der Waals surface area contributed by atoms with Gasteiger partial charge in [0.1, 0.15) is 0 Å². The third kappa shape index (κ3) is 10.0. The minimum absolute atomic E-state index is 0.486. The molecule has 3 nitrogen and oxygen atoms in total. The van der Waals surface area contributed by atoms with Crippen LogP contribution < -0.4 is 5.30 Å². The average molecular weight is 459 g/mol. The maximum Gasteiger partial charge on any atom is 0.361 e. The molecule has 0 N–H and O–H groups in total. The van der Waals surface area contributed by atoms with Crippen LogP contribution in [0.5, 0.6) is 0 Å². The van der Waals surface area contributed by atoms with Crippen molar-refractivity contribution in [1.29, 1.82) is 0 Å². The third-order valence-corrected chi connectivity index (χ3v) is 7.78. The topological polar surface area (TPSA) is 35.5 Å². The SMILES string of the molecule is CCCCCCCCOP(=O)(OCCCCCCCC)c1ccc(-c2ccccc2)cc1. The minimum atomic E-state index is -3.31. The van der Waals surface area contributed by atoms with Gasteiger partial charge in [0.25, 0.3) is 0 Å². The van der Waals surface area contributed by atoms with Crippen LogP contribution in [0.1, 0.15) is 90.9 Å². The molecule has 0 unspecified atom stereocenters. The van der Waals surface area contributed by atoms with Crippen molar-refractivity contribution in [3.05, 3.63) is 54.6 Å². The second-order valence-corrected chi connectivity index (χ2v) is 10.6. The van der Waals surface area contributed by atoms with Gasteiger partial charge in [0.05, 0.1) is 18.5 Å². The van der Waals surface area contributed by atoms with E-state index in [0.717, 1.165) is 36.8 Å². The number of benzene rings is 2. The van der Waals surface area contributed by atoms with Crippen LogP contribution in [-0.2, 0) is 13.6 Å². The predicted octanol–water partition coefficient (Wildman–Crippen LogP) is 8.93. The van der Waals surface area contributed by atoms with E-state index in [1.54, 1.807) is 0 Å². The molecule has 32 heavy (non-hydrogen) atoms. The molecular weight excluding hydrogens is 415 g/mol. The smallest absolute Gasteiger partial charge is 0.305 e. The molecule has 0 saturated heterocycles. The van der Waals surface area contributed by atoms with Crippen molar-refractivity contribution in [1.82, 2.24) is 0 Å². The second-order valence-electron chi connectivity index (χ2n) is 8.61. The van der Waals surface area contributed by atoms with Crippen LogP contribution >= 0.6 is 7.60 Å². The Hall–Kier alpha value is -1.41. The lowest BCUT2D eigenvalue weighted by Crippen LogP contribution is -2.12. The summed E-state index contributed by atoms with van der Waals surface area (Å²) in [6.45, 7) is 5.42. The van der Waals surface area contributed by atoms with Crippen LogP contribution in [0.4, 0.5) is 0 Å². The van der Waals surface area contributed by atoms with Crippen LogP contribution in [0.25, 0.3) is 11.1 Å². The molecule has 178 valence electrons. The van der Waals surface area contributed by atoms with Crippen molar-refractivity contribution in [2.24, 2.45) is 0 Å². The lowest BCUT2D eigenvalue weighted by Gasteiger charge is -2.19. The Morgan fingerprint density at radius 3 is 1.50 bits per heavy atom. The van der Waals surface area contributed by atoms with E-state index in [-0.39, 0.29) is 0 Å². The monoisotopic (exact) mass is 458 g/mol. The molecule has 0 bridgehead atoms. The summed E-state index contributed by atoms with van der Waals surface area (Å²) in [5.74, 6) is 0. The fourth-order valence-electron chi connectivity index (χ4n) is 3.79. The van der Waals surface area contributed by atoms with E-state index in [4.69, 9.17) is 9.05 Å². The summed E-state index contributed by atoms with van der Waals surface area (Å²) < 4.78 is 25.6. The molecule has 0 aliphatic carbocycles. The molecule has 0 heterocycles. The second kappa shape index (κ2) is 16.2. The van der Waals surface area contributed by atoms with Crippen LogP contribution in [-0.4, -0.2) is 13.2 Å². The Labute approximate surface area is 196 Å². The fourth-order valence-corrected chi connectivity index (χ4v) is 5.41. The number of hydrogen-bond acceptors (Lipinski definition) is 3. The molecule has 2 rings (SSSR count). The van der Waals surface area contributed by atoms with Gasteiger partial charge in [-0.05, 0) is 36.1 Å². The minimum Gasteiger partial charge on any atom is -0.305 e. The van der Waals surface area contributed by atoms with Gasteiger partial charge in [-0.2, -0.15) is 0 Å². The third-order valence-electron chi connectivity index (χ3n) is 5.81. The lowest BCUT2D eigenvalue weighted by atomic mass is 10.1. The predicted molar refractivity (Wildman–Crippen MR) is 138 cm³/mol. The maximum absolute atomic E-state index is 13.7. The summed E-state index contributed by atoms with van der Waals surface area (Å²) in [5, 5.41) is 0.661. The van der Waals surface area contributed by atoms with E-state index in [1.165, 1.54) is 51.4 Å². The molecule has 2 aromatic rings. The molecule has 4 heteroatoms. The van der Waals surface area contributed by atoms with E-state index in [0.29, 0.717) is 18.5 Å². The highest BCUT2D eigenvalue weighted by molar-refractivity contribution is 7.62. The van der Waals surface area contributed by atoms with Crippen LogP contribution in [0.3, 0.4) is 0 Å². The standard InChI is InChI=1S/C28H43O3P/c1-3-5-7-9-11-16-24-30-32(29,31-25-17-12-10-8-6-4-2)28-22-20-27(21-23-28)26-18-14-13-15-19-26/h13-15,18-23H,3-12,16-17,24-25H2,1-2H3. The number of hydrogen-bond donors (Lipinski definition) is 0. The Morgan fingerprint density at radius 2 is 1.00 bits per heavy atom. The molecule has 0 spiro atoms. The highest BCUT2D eigenvalue weighted by Crippen LogP contribution is 2.47. The van der Waals surface area contributed by atoms with Crippen LogP contribution in [0.15, 0.2) is 54.6 Å². The number of unbranched alkanes of at least 4 members (excludes halogenated alkanes) is 10. The zero-order chi connectivity index (χ0) is 22.9. The van der Waals surface area contributed by atoms with E-state index in [2.05, 4.69) is 26.0 Å². The quantitative estimate of drug-likeness (QED) is 0.165. The van der Waals surface area contributed by atoms with Gasteiger partial charge in [-0.15, -0.1) is 0 Å². The van der Waals surface area contributed by atoms with Gasteiger partial charge in [-0.3, -0.25) is 4.57 Å². The van der Waals surface area contributed by atoms with E-state index in [9.17, 15) is 4.57 Å². The van der Waals surface area contributed by atoms with Crippen molar-refractivity contribution in [3.63, 3.8) is 0 Å².